The van der Waals surface area contributed by atoms with Crippen LogP contribution in [0.4, 0.5) is 0 Å². The lowest BCUT2D eigenvalue weighted by Gasteiger charge is -2.12. The molecule has 0 radical (unpaired) electrons. The van der Waals surface area contributed by atoms with E-state index in [-0.39, 0.29) is 0 Å². The summed E-state index contributed by atoms with van der Waals surface area (Å²) in [4.78, 5) is 0. The summed E-state index contributed by atoms with van der Waals surface area (Å²) in [7, 11) is 1.93. The lowest BCUT2D eigenvalue weighted by Crippen LogP contribution is -2.11. The maximum Gasteiger partial charge on any atom is 0.123 e. The van der Waals surface area contributed by atoms with Crippen LogP contribution in [0.3, 0.4) is 0 Å². The largest absolute Gasteiger partial charge is 0.491 e. The van der Waals surface area contributed by atoms with Gasteiger partial charge in [0.05, 0.1) is 6.61 Å². The van der Waals surface area contributed by atoms with Gasteiger partial charge >= 0.3 is 0 Å². The van der Waals surface area contributed by atoms with E-state index in [1.165, 1.54) is 0 Å². The van der Waals surface area contributed by atoms with Crippen molar-refractivity contribution in [1.29, 1.82) is 0 Å². The molecule has 0 bridgehead atoms. The van der Waals surface area contributed by atoms with E-state index in [0.29, 0.717) is 13.2 Å². The molecule has 0 saturated heterocycles. The van der Waals surface area contributed by atoms with Gasteiger partial charge in [-0.15, -0.1) is 0 Å². The summed E-state index contributed by atoms with van der Waals surface area (Å²) in [6, 6.07) is 6.04. The fraction of sp³-hybridized carbons (Fsp3) is 0.538. The van der Waals surface area contributed by atoms with Crippen LogP contribution in [0.5, 0.6) is 5.75 Å². The molecule has 3 nitrogen and oxygen atoms in total. The zero-order chi connectivity index (χ0) is 12.5. The smallest absolute Gasteiger partial charge is 0.123 e. The molecular formula is C13H20BrNO2. The summed E-state index contributed by atoms with van der Waals surface area (Å²) < 4.78 is 12.2. The van der Waals surface area contributed by atoms with E-state index < -0.39 is 0 Å². The number of ether oxygens (including phenoxy) is 2. The highest BCUT2D eigenvalue weighted by Crippen LogP contribution is 2.23. The number of hydrogen-bond donors (Lipinski definition) is 1. The van der Waals surface area contributed by atoms with Gasteiger partial charge in [-0.2, -0.15) is 0 Å². The van der Waals surface area contributed by atoms with E-state index >= 15 is 0 Å². The quantitative estimate of drug-likeness (QED) is 0.749. The SMILES string of the molecule is CCCOCCOc1ccc(Br)cc1CNC. The summed E-state index contributed by atoms with van der Waals surface area (Å²) >= 11 is 3.46. The van der Waals surface area contributed by atoms with Crippen molar-refractivity contribution in [1.82, 2.24) is 5.32 Å². The maximum absolute atomic E-state index is 5.71. The Balaban J connectivity index is 2.45. The number of hydrogen-bond acceptors (Lipinski definition) is 3. The molecule has 0 aliphatic heterocycles. The minimum Gasteiger partial charge on any atom is -0.491 e. The predicted molar refractivity (Wildman–Crippen MR) is 73.5 cm³/mol. The molecule has 0 saturated carbocycles. The molecule has 1 rings (SSSR count). The zero-order valence-corrected chi connectivity index (χ0v) is 12.0. The van der Waals surface area contributed by atoms with Gasteiger partial charge in [-0.05, 0) is 31.7 Å². The van der Waals surface area contributed by atoms with Crippen LogP contribution in [0.1, 0.15) is 18.9 Å². The van der Waals surface area contributed by atoms with Crippen molar-refractivity contribution in [3.05, 3.63) is 28.2 Å². The van der Waals surface area contributed by atoms with Gasteiger partial charge in [-0.1, -0.05) is 22.9 Å². The molecule has 0 heterocycles. The van der Waals surface area contributed by atoms with Crippen molar-refractivity contribution in [2.24, 2.45) is 0 Å². The Morgan fingerprint density at radius 3 is 2.76 bits per heavy atom. The van der Waals surface area contributed by atoms with Gasteiger partial charge in [0.25, 0.3) is 0 Å². The molecule has 4 heteroatoms. The molecule has 0 amide bonds. The van der Waals surface area contributed by atoms with Crippen molar-refractivity contribution in [2.75, 3.05) is 26.9 Å². The minimum atomic E-state index is 0.596. The van der Waals surface area contributed by atoms with E-state index in [9.17, 15) is 0 Å². The molecule has 0 aliphatic rings. The number of benzene rings is 1. The third-order valence-electron chi connectivity index (χ3n) is 2.22. The summed E-state index contributed by atoms with van der Waals surface area (Å²) in [6.45, 7) is 4.93. The molecule has 0 aliphatic carbocycles. The second kappa shape index (κ2) is 8.50. The molecule has 17 heavy (non-hydrogen) atoms. The summed E-state index contributed by atoms with van der Waals surface area (Å²) in [5, 5.41) is 3.13. The first-order valence-electron chi connectivity index (χ1n) is 5.91. The summed E-state index contributed by atoms with van der Waals surface area (Å²) in [5.41, 5.74) is 1.15. The van der Waals surface area contributed by atoms with E-state index in [2.05, 4.69) is 34.2 Å². The Labute approximate surface area is 112 Å². The zero-order valence-electron chi connectivity index (χ0n) is 10.5. The van der Waals surface area contributed by atoms with Crippen molar-refractivity contribution < 1.29 is 9.47 Å². The Bertz CT molecular complexity index is 331. The van der Waals surface area contributed by atoms with Crippen molar-refractivity contribution in [3.63, 3.8) is 0 Å². The average molecular weight is 302 g/mol. The van der Waals surface area contributed by atoms with Crippen LogP contribution in [0.2, 0.25) is 0 Å². The van der Waals surface area contributed by atoms with Crippen LogP contribution in [0, 0.1) is 0 Å². The Morgan fingerprint density at radius 2 is 2.06 bits per heavy atom. The molecule has 0 atom stereocenters. The molecular weight excluding hydrogens is 282 g/mol. The molecule has 1 aromatic carbocycles. The van der Waals surface area contributed by atoms with Gasteiger partial charge in [0.15, 0.2) is 0 Å². The second-order valence-corrected chi connectivity index (χ2v) is 4.66. The van der Waals surface area contributed by atoms with Crippen LogP contribution in [0.25, 0.3) is 0 Å². The minimum absolute atomic E-state index is 0.596. The fourth-order valence-corrected chi connectivity index (χ4v) is 1.88. The van der Waals surface area contributed by atoms with Gasteiger partial charge in [0.2, 0.25) is 0 Å². The summed E-state index contributed by atoms with van der Waals surface area (Å²) in [6.07, 6.45) is 1.04. The topological polar surface area (TPSA) is 30.5 Å². The molecule has 0 aromatic heterocycles. The Kier molecular flexibility index (Phi) is 7.24. The van der Waals surface area contributed by atoms with Crippen LogP contribution in [-0.4, -0.2) is 26.9 Å². The first kappa shape index (κ1) is 14.5. The lowest BCUT2D eigenvalue weighted by molar-refractivity contribution is 0.100. The monoisotopic (exact) mass is 301 g/mol. The van der Waals surface area contributed by atoms with Crippen molar-refractivity contribution >= 4 is 15.9 Å². The van der Waals surface area contributed by atoms with Crippen LogP contribution < -0.4 is 10.1 Å². The van der Waals surface area contributed by atoms with Crippen molar-refractivity contribution in [2.45, 2.75) is 19.9 Å². The first-order chi connectivity index (χ1) is 8.27. The predicted octanol–water partition coefficient (Wildman–Crippen LogP) is 2.97. The van der Waals surface area contributed by atoms with E-state index in [1.54, 1.807) is 0 Å². The molecule has 1 aromatic rings. The molecule has 0 unspecified atom stereocenters. The summed E-state index contributed by atoms with van der Waals surface area (Å²) in [5.74, 6) is 0.919. The molecule has 96 valence electrons. The normalized spacial score (nSPS) is 10.5. The maximum atomic E-state index is 5.71. The van der Waals surface area contributed by atoms with Gasteiger partial charge in [0.1, 0.15) is 12.4 Å². The first-order valence-corrected chi connectivity index (χ1v) is 6.70. The number of halogens is 1. The third kappa shape index (κ3) is 5.52. The fourth-order valence-electron chi connectivity index (χ4n) is 1.47. The van der Waals surface area contributed by atoms with Gasteiger partial charge < -0.3 is 14.8 Å². The van der Waals surface area contributed by atoms with Crippen LogP contribution in [-0.2, 0) is 11.3 Å². The van der Waals surface area contributed by atoms with Crippen LogP contribution >= 0.6 is 15.9 Å². The van der Waals surface area contributed by atoms with Gasteiger partial charge in [0, 0.05) is 23.2 Å². The molecule has 0 spiro atoms. The third-order valence-corrected chi connectivity index (χ3v) is 2.72. The molecule has 1 N–H and O–H groups in total. The highest BCUT2D eigenvalue weighted by Gasteiger charge is 2.03. The highest BCUT2D eigenvalue weighted by atomic mass is 79.9. The van der Waals surface area contributed by atoms with Gasteiger partial charge in [-0.3, -0.25) is 0 Å². The van der Waals surface area contributed by atoms with Gasteiger partial charge in [-0.25, -0.2) is 0 Å². The second-order valence-electron chi connectivity index (χ2n) is 3.74. The molecule has 0 fully saturated rings. The Morgan fingerprint density at radius 1 is 1.24 bits per heavy atom. The van der Waals surface area contributed by atoms with Crippen LogP contribution in [0.15, 0.2) is 22.7 Å². The Hall–Kier alpha value is -0.580. The average Bonchev–Trinajstić information content (AvgIpc) is 2.32. The van der Waals surface area contributed by atoms with E-state index in [1.807, 2.05) is 19.2 Å². The lowest BCUT2D eigenvalue weighted by atomic mass is 10.2. The number of nitrogens with one attached hydrogen (secondary N) is 1. The highest BCUT2D eigenvalue weighted by molar-refractivity contribution is 9.10. The standard InChI is InChI=1S/C13H20BrNO2/c1-3-6-16-7-8-17-13-5-4-12(14)9-11(13)10-15-2/h4-5,9,15H,3,6-8,10H2,1-2H3. The van der Waals surface area contributed by atoms with E-state index in [4.69, 9.17) is 9.47 Å². The number of rotatable bonds is 8. The van der Waals surface area contributed by atoms with E-state index in [0.717, 1.165) is 35.4 Å². The van der Waals surface area contributed by atoms with Crippen molar-refractivity contribution in [3.8, 4) is 5.75 Å².